The van der Waals surface area contributed by atoms with Crippen molar-refractivity contribution in [3.8, 4) is 0 Å². The molecule has 120 valence electrons. The molecule has 2 aromatic carbocycles. The molecular formula is C15H13N7O2. The van der Waals surface area contributed by atoms with Gasteiger partial charge in [0.05, 0.1) is 10.6 Å². The number of rotatable bonds is 5. The van der Waals surface area contributed by atoms with Crippen molar-refractivity contribution in [1.82, 2.24) is 20.3 Å². The van der Waals surface area contributed by atoms with E-state index in [2.05, 4.69) is 25.9 Å². The third-order valence-corrected chi connectivity index (χ3v) is 3.22. The molecule has 0 aliphatic heterocycles. The molecule has 0 bridgehead atoms. The van der Waals surface area contributed by atoms with Crippen molar-refractivity contribution in [3.63, 3.8) is 0 Å². The van der Waals surface area contributed by atoms with E-state index in [9.17, 15) is 10.1 Å². The van der Waals surface area contributed by atoms with Gasteiger partial charge in [-0.25, -0.2) is 0 Å². The predicted octanol–water partition coefficient (Wildman–Crippen LogP) is 2.60. The van der Waals surface area contributed by atoms with Gasteiger partial charge in [-0.2, -0.15) is 5.10 Å². The van der Waals surface area contributed by atoms with E-state index in [1.807, 2.05) is 30.3 Å². The highest BCUT2D eigenvalue weighted by atomic mass is 16.6. The number of non-ortho nitro benzene ring substituents is 1. The van der Waals surface area contributed by atoms with E-state index in [0.29, 0.717) is 11.7 Å². The molecule has 0 aliphatic carbocycles. The quantitative estimate of drug-likeness (QED) is 0.439. The van der Waals surface area contributed by atoms with Crippen LogP contribution in [0.4, 0.5) is 17.3 Å². The Morgan fingerprint density at radius 2 is 1.88 bits per heavy atom. The van der Waals surface area contributed by atoms with Crippen LogP contribution < -0.4 is 5.32 Å². The van der Waals surface area contributed by atoms with Crippen LogP contribution in [0.2, 0.25) is 0 Å². The molecule has 0 spiro atoms. The first-order chi connectivity index (χ1) is 11.6. The van der Waals surface area contributed by atoms with Gasteiger partial charge in [-0.3, -0.25) is 10.1 Å². The summed E-state index contributed by atoms with van der Waals surface area (Å²) in [5.74, 6) is 0.363. The van der Waals surface area contributed by atoms with Gasteiger partial charge in [0, 0.05) is 17.8 Å². The monoisotopic (exact) mass is 323 g/mol. The van der Waals surface area contributed by atoms with Crippen LogP contribution in [0.15, 0.2) is 59.7 Å². The molecular weight excluding hydrogens is 310 g/mol. The van der Waals surface area contributed by atoms with Gasteiger partial charge < -0.3 is 5.32 Å². The summed E-state index contributed by atoms with van der Waals surface area (Å²) in [6.45, 7) is 1.77. The first kappa shape index (κ1) is 15.3. The van der Waals surface area contributed by atoms with E-state index in [0.717, 1.165) is 11.3 Å². The third-order valence-electron chi connectivity index (χ3n) is 3.22. The number of aromatic nitrogens is 4. The van der Waals surface area contributed by atoms with Crippen LogP contribution in [0.5, 0.6) is 0 Å². The molecule has 9 heteroatoms. The lowest BCUT2D eigenvalue weighted by Gasteiger charge is -2.04. The summed E-state index contributed by atoms with van der Waals surface area (Å²) < 4.78 is 0. The molecule has 1 aromatic heterocycles. The Balaban J connectivity index is 1.83. The summed E-state index contributed by atoms with van der Waals surface area (Å²) in [6, 6.07) is 15.6. The van der Waals surface area contributed by atoms with Crippen molar-refractivity contribution in [2.24, 2.45) is 5.10 Å². The molecule has 1 N–H and O–H groups in total. The molecule has 9 nitrogen and oxygen atoms in total. The number of tetrazole rings is 1. The summed E-state index contributed by atoms with van der Waals surface area (Å²) >= 11 is 0. The van der Waals surface area contributed by atoms with E-state index in [1.165, 1.54) is 16.9 Å². The molecule has 0 aliphatic rings. The van der Waals surface area contributed by atoms with E-state index in [-0.39, 0.29) is 5.69 Å². The Labute approximate surface area is 136 Å². The van der Waals surface area contributed by atoms with Crippen LogP contribution in [0, 0.1) is 10.1 Å². The SMILES string of the molecule is CC(=Nn1nnnc1Nc1ccccc1)c1ccc([N+](=O)[O-])cc1. The van der Waals surface area contributed by atoms with Crippen molar-refractivity contribution in [2.75, 3.05) is 5.32 Å². The number of nitrogens with one attached hydrogen (secondary N) is 1. The van der Waals surface area contributed by atoms with Gasteiger partial charge in [0.2, 0.25) is 0 Å². The van der Waals surface area contributed by atoms with Gasteiger partial charge in [0.15, 0.2) is 0 Å². The zero-order valence-electron chi connectivity index (χ0n) is 12.7. The minimum absolute atomic E-state index is 0.0282. The van der Waals surface area contributed by atoms with Crippen LogP contribution in [0.1, 0.15) is 12.5 Å². The summed E-state index contributed by atoms with van der Waals surface area (Å²) in [6.07, 6.45) is 0. The summed E-state index contributed by atoms with van der Waals surface area (Å²) in [5, 5.41) is 29.4. The van der Waals surface area contributed by atoms with E-state index in [1.54, 1.807) is 19.1 Å². The fourth-order valence-electron chi connectivity index (χ4n) is 2.00. The molecule has 24 heavy (non-hydrogen) atoms. The lowest BCUT2D eigenvalue weighted by atomic mass is 10.1. The predicted molar refractivity (Wildman–Crippen MR) is 88.2 cm³/mol. The molecule has 0 radical (unpaired) electrons. The average Bonchev–Trinajstić information content (AvgIpc) is 3.02. The third kappa shape index (κ3) is 3.40. The van der Waals surface area contributed by atoms with Crippen molar-refractivity contribution in [2.45, 2.75) is 6.92 Å². The molecule has 0 fully saturated rings. The van der Waals surface area contributed by atoms with E-state index in [4.69, 9.17) is 0 Å². The van der Waals surface area contributed by atoms with Crippen molar-refractivity contribution < 1.29 is 4.92 Å². The number of benzene rings is 2. The Morgan fingerprint density at radius 3 is 2.54 bits per heavy atom. The number of nitro benzene ring substituents is 1. The smallest absolute Gasteiger partial charge is 0.269 e. The Morgan fingerprint density at radius 1 is 1.17 bits per heavy atom. The number of hydrogen-bond donors (Lipinski definition) is 1. The van der Waals surface area contributed by atoms with Crippen LogP contribution in [-0.4, -0.2) is 31.0 Å². The maximum absolute atomic E-state index is 10.7. The molecule has 0 amide bonds. The lowest BCUT2D eigenvalue weighted by Crippen LogP contribution is -2.05. The maximum atomic E-state index is 10.7. The van der Waals surface area contributed by atoms with E-state index < -0.39 is 4.92 Å². The van der Waals surface area contributed by atoms with Crippen molar-refractivity contribution in [3.05, 3.63) is 70.3 Å². The average molecular weight is 323 g/mol. The molecule has 0 saturated heterocycles. The number of nitrogens with zero attached hydrogens (tertiary/aromatic N) is 6. The molecule has 1 heterocycles. The summed E-state index contributed by atoms with van der Waals surface area (Å²) in [5.41, 5.74) is 2.22. The van der Waals surface area contributed by atoms with Gasteiger partial charge in [0.25, 0.3) is 11.6 Å². The zero-order chi connectivity index (χ0) is 16.9. The van der Waals surface area contributed by atoms with E-state index >= 15 is 0 Å². The van der Waals surface area contributed by atoms with Crippen LogP contribution in [0.3, 0.4) is 0 Å². The number of nitro groups is 1. The van der Waals surface area contributed by atoms with Crippen LogP contribution >= 0.6 is 0 Å². The summed E-state index contributed by atoms with van der Waals surface area (Å²) in [4.78, 5) is 11.5. The van der Waals surface area contributed by atoms with Crippen LogP contribution in [-0.2, 0) is 0 Å². The highest BCUT2D eigenvalue weighted by Crippen LogP contribution is 2.15. The second-order valence-corrected chi connectivity index (χ2v) is 4.87. The minimum Gasteiger partial charge on any atom is -0.321 e. The maximum Gasteiger partial charge on any atom is 0.269 e. The lowest BCUT2D eigenvalue weighted by molar-refractivity contribution is -0.384. The van der Waals surface area contributed by atoms with Gasteiger partial charge in [-0.1, -0.05) is 28.1 Å². The molecule has 0 atom stereocenters. The molecule has 3 aromatic rings. The molecule has 0 unspecified atom stereocenters. The first-order valence-corrected chi connectivity index (χ1v) is 7.04. The molecule has 3 rings (SSSR count). The zero-order valence-corrected chi connectivity index (χ0v) is 12.7. The number of para-hydroxylation sites is 1. The Kier molecular flexibility index (Phi) is 4.23. The second kappa shape index (κ2) is 6.65. The largest absolute Gasteiger partial charge is 0.321 e. The molecule has 0 saturated carbocycles. The number of hydrogen-bond acceptors (Lipinski definition) is 7. The first-order valence-electron chi connectivity index (χ1n) is 7.04. The van der Waals surface area contributed by atoms with Crippen LogP contribution in [0.25, 0.3) is 0 Å². The van der Waals surface area contributed by atoms with Crippen molar-refractivity contribution >= 4 is 23.0 Å². The van der Waals surface area contributed by atoms with Gasteiger partial charge in [-0.15, -0.1) is 0 Å². The Bertz CT molecular complexity index is 872. The highest BCUT2D eigenvalue weighted by molar-refractivity contribution is 5.98. The second-order valence-electron chi connectivity index (χ2n) is 4.87. The minimum atomic E-state index is -0.445. The van der Waals surface area contributed by atoms with Gasteiger partial charge >= 0.3 is 0 Å². The topological polar surface area (TPSA) is 111 Å². The fraction of sp³-hybridized carbons (Fsp3) is 0.0667. The fourth-order valence-corrected chi connectivity index (χ4v) is 2.00. The Hall–Kier alpha value is -3.62. The summed E-state index contributed by atoms with van der Waals surface area (Å²) in [7, 11) is 0. The standard InChI is InChI=1S/C15H13N7O2/c1-11(12-7-9-14(10-8-12)22(23)24)18-21-15(17-19-20-21)16-13-5-3-2-4-6-13/h2-10H,1H3,(H,16,17,20). The highest BCUT2D eigenvalue weighted by Gasteiger charge is 2.08. The normalized spacial score (nSPS) is 11.3. The van der Waals surface area contributed by atoms with Gasteiger partial charge in [0.1, 0.15) is 0 Å². The van der Waals surface area contributed by atoms with Gasteiger partial charge in [-0.05, 0) is 47.2 Å². The van der Waals surface area contributed by atoms with Crippen molar-refractivity contribution in [1.29, 1.82) is 0 Å². The number of anilines is 2.